The first-order chi connectivity index (χ1) is 14.7. The maximum atomic E-state index is 13.2. The van der Waals surface area contributed by atoms with Crippen LogP contribution in [0.3, 0.4) is 0 Å². The molecule has 1 aliphatic heterocycles. The average molecular weight is 480 g/mol. The van der Waals surface area contributed by atoms with Crippen molar-refractivity contribution in [3.8, 4) is 5.69 Å². The van der Waals surface area contributed by atoms with Crippen molar-refractivity contribution in [1.29, 1.82) is 0 Å². The molecular formula is C24H22BrN3OS. The van der Waals surface area contributed by atoms with Crippen LogP contribution in [0.1, 0.15) is 25.5 Å². The number of carbonyl (C=O) groups excluding carboxylic acids is 1. The topological polar surface area (TPSA) is 37.6 Å². The number of hydrogen-bond donors (Lipinski definition) is 0. The molecule has 0 bridgehead atoms. The zero-order valence-electron chi connectivity index (χ0n) is 16.7. The fourth-order valence-corrected chi connectivity index (χ4v) is 4.62. The Labute approximate surface area is 189 Å². The zero-order valence-corrected chi connectivity index (χ0v) is 19.1. The summed E-state index contributed by atoms with van der Waals surface area (Å²) in [7, 11) is 0. The summed E-state index contributed by atoms with van der Waals surface area (Å²) in [6.07, 6.45) is 5.94. The van der Waals surface area contributed by atoms with Crippen LogP contribution < -0.4 is 0 Å². The van der Waals surface area contributed by atoms with Crippen LogP contribution in [-0.4, -0.2) is 27.1 Å². The highest BCUT2D eigenvalue weighted by Crippen LogP contribution is 2.34. The van der Waals surface area contributed by atoms with E-state index in [-0.39, 0.29) is 5.91 Å². The monoisotopic (exact) mass is 479 g/mol. The van der Waals surface area contributed by atoms with Gasteiger partial charge in [0, 0.05) is 28.6 Å². The molecule has 4 nitrogen and oxygen atoms in total. The van der Waals surface area contributed by atoms with E-state index in [1.165, 1.54) is 11.8 Å². The van der Waals surface area contributed by atoms with Crippen LogP contribution in [0.5, 0.6) is 0 Å². The fourth-order valence-electron chi connectivity index (χ4n) is 3.22. The maximum absolute atomic E-state index is 13.2. The Morgan fingerprint density at radius 1 is 1.07 bits per heavy atom. The minimum Gasteiger partial charge on any atom is -0.317 e. The number of thioether (sulfide) groups is 1. The Morgan fingerprint density at radius 3 is 2.67 bits per heavy atom. The third-order valence-electron chi connectivity index (χ3n) is 4.75. The second kappa shape index (κ2) is 9.49. The van der Waals surface area contributed by atoms with Crippen LogP contribution >= 0.6 is 27.7 Å². The van der Waals surface area contributed by atoms with E-state index in [2.05, 4.69) is 33.5 Å². The first-order valence-corrected chi connectivity index (χ1v) is 11.5. The number of amidine groups is 1. The Morgan fingerprint density at radius 2 is 1.90 bits per heavy atom. The Hall–Kier alpha value is -2.57. The van der Waals surface area contributed by atoms with E-state index in [9.17, 15) is 4.79 Å². The van der Waals surface area contributed by atoms with E-state index in [1.54, 1.807) is 4.90 Å². The van der Waals surface area contributed by atoms with Crippen molar-refractivity contribution >= 4 is 50.5 Å². The van der Waals surface area contributed by atoms with Crippen LogP contribution in [-0.2, 0) is 4.79 Å². The number of halogens is 1. The SMILES string of the molecule is CCCCN1C(=O)/C(=C/c2cccn2-c2cccc(Br)c2)SC1=Nc1ccccc1. The third kappa shape index (κ3) is 4.60. The number of unbranched alkanes of at least 4 members (excludes halogenated alkanes) is 1. The molecule has 0 unspecified atom stereocenters. The normalized spacial score (nSPS) is 16.7. The van der Waals surface area contributed by atoms with Gasteiger partial charge in [-0.15, -0.1) is 0 Å². The van der Waals surface area contributed by atoms with Crippen LogP contribution in [0.2, 0.25) is 0 Å². The molecular weight excluding hydrogens is 458 g/mol. The van der Waals surface area contributed by atoms with Crippen molar-refractivity contribution in [2.75, 3.05) is 6.54 Å². The highest BCUT2D eigenvalue weighted by atomic mass is 79.9. The number of aliphatic imine (C=N–C) groups is 1. The summed E-state index contributed by atoms with van der Waals surface area (Å²) in [5.74, 6) is 0.0186. The molecule has 2 aromatic carbocycles. The number of amides is 1. The molecule has 2 heterocycles. The third-order valence-corrected chi connectivity index (χ3v) is 6.25. The van der Waals surface area contributed by atoms with Crippen molar-refractivity contribution < 1.29 is 4.79 Å². The molecule has 1 aromatic heterocycles. The van der Waals surface area contributed by atoms with Crippen LogP contribution in [0.4, 0.5) is 5.69 Å². The molecule has 1 aliphatic rings. The lowest BCUT2D eigenvalue weighted by Gasteiger charge is -2.14. The molecule has 0 radical (unpaired) electrons. The minimum atomic E-state index is 0.0186. The molecule has 1 fully saturated rings. The fraction of sp³-hybridized carbons (Fsp3) is 0.167. The van der Waals surface area contributed by atoms with E-state index in [4.69, 9.17) is 4.99 Å². The van der Waals surface area contributed by atoms with E-state index < -0.39 is 0 Å². The van der Waals surface area contributed by atoms with Crippen LogP contribution in [0.25, 0.3) is 11.8 Å². The molecule has 0 atom stereocenters. The Bertz CT molecular complexity index is 1100. The first kappa shape index (κ1) is 20.7. The number of rotatable bonds is 6. The zero-order chi connectivity index (χ0) is 20.9. The number of para-hydroxylation sites is 1. The summed E-state index contributed by atoms with van der Waals surface area (Å²) in [6, 6.07) is 21.9. The molecule has 4 rings (SSSR count). The van der Waals surface area contributed by atoms with Crippen molar-refractivity contribution in [1.82, 2.24) is 9.47 Å². The quantitative estimate of drug-likeness (QED) is 0.371. The lowest BCUT2D eigenvalue weighted by Crippen LogP contribution is -2.30. The predicted molar refractivity (Wildman–Crippen MR) is 129 cm³/mol. The minimum absolute atomic E-state index is 0.0186. The highest BCUT2D eigenvalue weighted by molar-refractivity contribution is 9.10. The number of aromatic nitrogens is 1. The molecule has 1 amide bonds. The number of hydrogen-bond acceptors (Lipinski definition) is 3. The van der Waals surface area contributed by atoms with Gasteiger partial charge in [0.15, 0.2) is 5.17 Å². The van der Waals surface area contributed by atoms with Gasteiger partial charge in [0.2, 0.25) is 0 Å². The predicted octanol–water partition coefficient (Wildman–Crippen LogP) is 6.64. The molecule has 1 saturated heterocycles. The van der Waals surface area contributed by atoms with Crippen molar-refractivity contribution in [2.24, 2.45) is 4.99 Å². The average Bonchev–Trinajstić information content (AvgIpc) is 3.32. The molecule has 6 heteroatoms. The van der Waals surface area contributed by atoms with Crippen LogP contribution in [0.15, 0.2) is 87.3 Å². The summed E-state index contributed by atoms with van der Waals surface area (Å²) >= 11 is 4.97. The van der Waals surface area contributed by atoms with Gasteiger partial charge in [0.1, 0.15) is 0 Å². The van der Waals surface area contributed by atoms with E-state index in [0.29, 0.717) is 11.4 Å². The van der Waals surface area contributed by atoms with Gasteiger partial charge in [-0.2, -0.15) is 0 Å². The summed E-state index contributed by atoms with van der Waals surface area (Å²) in [5.41, 5.74) is 2.85. The standard InChI is InChI=1S/C24H22BrN3OS/c1-2-3-14-28-23(29)22(30-24(28)26-19-10-5-4-6-11-19)17-21-13-8-15-27(21)20-12-7-9-18(25)16-20/h4-13,15-17H,2-3,14H2,1H3/b22-17-,26-24?. The summed E-state index contributed by atoms with van der Waals surface area (Å²) in [4.78, 5) is 20.4. The summed E-state index contributed by atoms with van der Waals surface area (Å²) < 4.78 is 3.09. The summed E-state index contributed by atoms with van der Waals surface area (Å²) in [5, 5.41) is 0.742. The van der Waals surface area contributed by atoms with Crippen molar-refractivity contribution in [2.45, 2.75) is 19.8 Å². The van der Waals surface area contributed by atoms with Crippen molar-refractivity contribution in [3.63, 3.8) is 0 Å². The van der Waals surface area contributed by atoms with E-state index >= 15 is 0 Å². The smallest absolute Gasteiger partial charge is 0.266 e. The molecule has 0 N–H and O–H groups in total. The molecule has 3 aromatic rings. The lowest BCUT2D eigenvalue weighted by molar-refractivity contribution is -0.122. The van der Waals surface area contributed by atoms with Gasteiger partial charge in [-0.1, -0.05) is 53.5 Å². The van der Waals surface area contributed by atoms with Gasteiger partial charge in [0.05, 0.1) is 10.6 Å². The van der Waals surface area contributed by atoms with Gasteiger partial charge >= 0.3 is 0 Å². The lowest BCUT2D eigenvalue weighted by atomic mass is 10.3. The first-order valence-electron chi connectivity index (χ1n) is 9.94. The van der Waals surface area contributed by atoms with E-state index in [0.717, 1.165) is 39.6 Å². The largest absolute Gasteiger partial charge is 0.317 e. The van der Waals surface area contributed by atoms with Crippen molar-refractivity contribution in [3.05, 3.63) is 88.0 Å². The van der Waals surface area contributed by atoms with Gasteiger partial charge < -0.3 is 4.57 Å². The highest BCUT2D eigenvalue weighted by Gasteiger charge is 2.33. The summed E-state index contributed by atoms with van der Waals surface area (Å²) in [6.45, 7) is 2.81. The second-order valence-electron chi connectivity index (χ2n) is 6.93. The number of benzene rings is 2. The Kier molecular flexibility index (Phi) is 6.55. The maximum Gasteiger partial charge on any atom is 0.266 e. The second-order valence-corrected chi connectivity index (χ2v) is 8.86. The number of nitrogens with zero attached hydrogens (tertiary/aromatic N) is 3. The molecule has 0 saturated carbocycles. The van der Waals surface area contributed by atoms with Gasteiger partial charge in [-0.05, 0) is 66.7 Å². The van der Waals surface area contributed by atoms with Gasteiger partial charge in [-0.25, -0.2) is 4.99 Å². The molecule has 0 aliphatic carbocycles. The molecule has 0 spiro atoms. The number of carbonyl (C=O) groups is 1. The molecule has 30 heavy (non-hydrogen) atoms. The van der Waals surface area contributed by atoms with Gasteiger partial charge in [0.25, 0.3) is 5.91 Å². The van der Waals surface area contributed by atoms with Crippen LogP contribution in [0, 0.1) is 0 Å². The van der Waals surface area contributed by atoms with E-state index in [1.807, 2.05) is 72.9 Å². The van der Waals surface area contributed by atoms with Gasteiger partial charge in [-0.3, -0.25) is 9.69 Å². The molecule has 152 valence electrons. The Balaban J connectivity index is 1.68.